The van der Waals surface area contributed by atoms with E-state index in [1.807, 2.05) is 14.0 Å². The average molecular weight is 290 g/mol. The molecule has 0 bridgehead atoms. The maximum Gasteiger partial charge on any atom is 0.276 e. The predicted molar refractivity (Wildman–Crippen MR) is 78.1 cm³/mol. The largest absolute Gasteiger partial charge is 0.505 e. The standard InChI is InChI=1S/C16H22N2O3/c1-3-21-13-10-12(16(13)7-5-8-16)18(2)15(20)14-11(19)6-4-9-17-14/h4,6,9,12-13,19H,3,5,7-8,10H2,1-2H3/t12-,13+/m0/s1. The van der Waals surface area contributed by atoms with Crippen LogP contribution in [0.3, 0.4) is 0 Å². The number of hydrogen-bond donors (Lipinski definition) is 1. The van der Waals surface area contributed by atoms with E-state index in [2.05, 4.69) is 4.98 Å². The molecule has 0 unspecified atom stereocenters. The fraction of sp³-hybridized carbons (Fsp3) is 0.625. The fourth-order valence-electron chi connectivity index (χ4n) is 3.82. The quantitative estimate of drug-likeness (QED) is 0.923. The zero-order valence-corrected chi connectivity index (χ0v) is 12.6. The Kier molecular flexibility index (Phi) is 3.61. The summed E-state index contributed by atoms with van der Waals surface area (Å²) in [6.07, 6.45) is 6.13. The van der Waals surface area contributed by atoms with Crippen LogP contribution >= 0.6 is 0 Å². The minimum absolute atomic E-state index is 0.0577. The van der Waals surface area contributed by atoms with Gasteiger partial charge in [0, 0.05) is 31.3 Å². The van der Waals surface area contributed by atoms with E-state index in [0.29, 0.717) is 0 Å². The van der Waals surface area contributed by atoms with Crippen LogP contribution in [0, 0.1) is 5.41 Å². The van der Waals surface area contributed by atoms with Crippen LogP contribution in [0.2, 0.25) is 0 Å². The molecule has 1 aromatic heterocycles. The number of rotatable bonds is 4. The Labute approximate surface area is 124 Å². The Morgan fingerprint density at radius 2 is 2.33 bits per heavy atom. The summed E-state index contributed by atoms with van der Waals surface area (Å²) in [5, 5.41) is 9.81. The van der Waals surface area contributed by atoms with Crippen molar-refractivity contribution in [3.05, 3.63) is 24.0 Å². The lowest BCUT2D eigenvalue weighted by atomic mass is 9.50. The molecule has 21 heavy (non-hydrogen) atoms. The molecule has 2 atom stereocenters. The van der Waals surface area contributed by atoms with Crippen LogP contribution in [0.5, 0.6) is 5.75 Å². The minimum atomic E-state index is -0.209. The first-order valence-electron chi connectivity index (χ1n) is 7.63. The molecule has 2 saturated carbocycles. The smallest absolute Gasteiger partial charge is 0.276 e. The van der Waals surface area contributed by atoms with Gasteiger partial charge < -0.3 is 14.7 Å². The van der Waals surface area contributed by atoms with Crippen LogP contribution in [-0.2, 0) is 4.74 Å². The summed E-state index contributed by atoms with van der Waals surface area (Å²) in [4.78, 5) is 18.3. The van der Waals surface area contributed by atoms with Gasteiger partial charge in [-0.3, -0.25) is 4.79 Å². The second kappa shape index (κ2) is 5.30. The van der Waals surface area contributed by atoms with Crippen LogP contribution in [-0.4, -0.2) is 46.7 Å². The van der Waals surface area contributed by atoms with Crippen molar-refractivity contribution in [2.75, 3.05) is 13.7 Å². The van der Waals surface area contributed by atoms with Gasteiger partial charge in [-0.1, -0.05) is 6.42 Å². The molecule has 1 heterocycles. The summed E-state index contributed by atoms with van der Waals surface area (Å²) < 4.78 is 5.82. The lowest BCUT2D eigenvalue weighted by molar-refractivity contribution is -0.192. The van der Waals surface area contributed by atoms with Crippen LogP contribution < -0.4 is 0 Å². The zero-order valence-electron chi connectivity index (χ0n) is 12.6. The van der Waals surface area contributed by atoms with E-state index >= 15 is 0 Å². The van der Waals surface area contributed by atoms with Gasteiger partial charge in [-0.15, -0.1) is 0 Å². The van der Waals surface area contributed by atoms with Crippen molar-refractivity contribution < 1.29 is 14.6 Å². The van der Waals surface area contributed by atoms with Crippen molar-refractivity contribution in [3.63, 3.8) is 0 Å². The third kappa shape index (κ3) is 2.11. The van der Waals surface area contributed by atoms with Crippen molar-refractivity contribution in [1.82, 2.24) is 9.88 Å². The molecule has 0 aliphatic heterocycles. The normalized spacial score (nSPS) is 26.0. The molecular weight excluding hydrogens is 268 g/mol. The number of carbonyl (C=O) groups is 1. The molecular formula is C16H22N2O3. The highest BCUT2D eigenvalue weighted by atomic mass is 16.5. The third-order valence-corrected chi connectivity index (χ3v) is 5.17. The van der Waals surface area contributed by atoms with E-state index in [0.717, 1.165) is 25.9 Å². The molecule has 5 heteroatoms. The molecule has 1 amide bonds. The molecule has 0 saturated heterocycles. The topological polar surface area (TPSA) is 62.7 Å². The van der Waals surface area contributed by atoms with Crippen molar-refractivity contribution in [1.29, 1.82) is 0 Å². The van der Waals surface area contributed by atoms with Crippen LogP contribution in [0.15, 0.2) is 18.3 Å². The SMILES string of the molecule is CCO[C@@H]1C[C@H](N(C)C(=O)c2ncccc2O)C12CCC2. The second-order valence-corrected chi connectivity index (χ2v) is 6.07. The maximum atomic E-state index is 12.6. The number of carbonyl (C=O) groups excluding carboxylic acids is 1. The highest BCUT2D eigenvalue weighted by molar-refractivity contribution is 5.95. The van der Waals surface area contributed by atoms with Crippen LogP contribution in [0.1, 0.15) is 43.1 Å². The van der Waals surface area contributed by atoms with Gasteiger partial charge in [-0.2, -0.15) is 0 Å². The number of aromatic nitrogens is 1. The molecule has 2 fully saturated rings. The van der Waals surface area contributed by atoms with Crippen molar-refractivity contribution >= 4 is 5.91 Å². The predicted octanol–water partition coefficient (Wildman–Crippen LogP) is 2.21. The number of aromatic hydroxyl groups is 1. The summed E-state index contributed by atoms with van der Waals surface area (Å²) in [7, 11) is 1.81. The van der Waals surface area contributed by atoms with Crippen molar-refractivity contribution in [2.24, 2.45) is 5.41 Å². The van der Waals surface area contributed by atoms with E-state index in [1.165, 1.54) is 18.7 Å². The molecule has 2 aliphatic carbocycles. The van der Waals surface area contributed by atoms with Crippen molar-refractivity contribution in [3.8, 4) is 5.75 Å². The summed E-state index contributed by atoms with van der Waals surface area (Å²) in [6.45, 7) is 2.73. The minimum Gasteiger partial charge on any atom is -0.505 e. The Bertz CT molecular complexity index is 542. The molecule has 1 spiro atoms. The Hall–Kier alpha value is -1.62. The molecule has 0 aromatic carbocycles. The van der Waals surface area contributed by atoms with Gasteiger partial charge >= 0.3 is 0 Å². The van der Waals surface area contributed by atoms with E-state index in [-0.39, 0.29) is 34.9 Å². The number of ether oxygens (including phenoxy) is 1. The number of hydrogen-bond acceptors (Lipinski definition) is 4. The number of pyridine rings is 1. The van der Waals surface area contributed by atoms with Gasteiger partial charge in [0.25, 0.3) is 5.91 Å². The van der Waals surface area contributed by atoms with Gasteiger partial charge in [-0.05, 0) is 38.3 Å². The van der Waals surface area contributed by atoms with Crippen LogP contribution in [0.4, 0.5) is 0 Å². The number of amides is 1. The van der Waals surface area contributed by atoms with Crippen LogP contribution in [0.25, 0.3) is 0 Å². The molecule has 1 N–H and O–H groups in total. The Morgan fingerprint density at radius 1 is 1.57 bits per heavy atom. The van der Waals surface area contributed by atoms with Gasteiger partial charge in [0.1, 0.15) is 5.75 Å². The van der Waals surface area contributed by atoms with Crippen molar-refractivity contribution in [2.45, 2.75) is 44.8 Å². The summed E-state index contributed by atoms with van der Waals surface area (Å²) in [5.74, 6) is -0.267. The Balaban J connectivity index is 1.76. The molecule has 3 rings (SSSR count). The molecule has 2 aliphatic rings. The van der Waals surface area contributed by atoms with Gasteiger partial charge in [0.15, 0.2) is 5.69 Å². The van der Waals surface area contributed by atoms with Gasteiger partial charge in [0.05, 0.1) is 6.10 Å². The number of nitrogens with zero attached hydrogens (tertiary/aromatic N) is 2. The second-order valence-electron chi connectivity index (χ2n) is 6.07. The molecule has 5 nitrogen and oxygen atoms in total. The molecule has 1 aromatic rings. The highest BCUT2D eigenvalue weighted by Crippen LogP contribution is 2.59. The first-order valence-corrected chi connectivity index (χ1v) is 7.63. The fourth-order valence-corrected chi connectivity index (χ4v) is 3.82. The van der Waals surface area contributed by atoms with E-state index < -0.39 is 0 Å². The third-order valence-electron chi connectivity index (χ3n) is 5.17. The lowest BCUT2D eigenvalue weighted by Crippen LogP contribution is -2.67. The van der Waals surface area contributed by atoms with Gasteiger partial charge in [-0.25, -0.2) is 4.98 Å². The van der Waals surface area contributed by atoms with E-state index in [9.17, 15) is 9.90 Å². The first kappa shape index (κ1) is 14.3. The summed E-state index contributed by atoms with van der Waals surface area (Å²) in [5.41, 5.74) is 0.263. The lowest BCUT2D eigenvalue weighted by Gasteiger charge is -2.63. The monoisotopic (exact) mass is 290 g/mol. The zero-order chi connectivity index (χ0) is 15.0. The molecule has 114 valence electrons. The Morgan fingerprint density at radius 3 is 2.90 bits per heavy atom. The molecule has 0 radical (unpaired) electrons. The maximum absolute atomic E-state index is 12.6. The highest BCUT2D eigenvalue weighted by Gasteiger charge is 2.61. The summed E-state index contributed by atoms with van der Waals surface area (Å²) >= 11 is 0. The first-order chi connectivity index (χ1) is 10.1. The van der Waals surface area contributed by atoms with E-state index in [4.69, 9.17) is 4.74 Å². The van der Waals surface area contributed by atoms with Gasteiger partial charge in [0.2, 0.25) is 0 Å². The van der Waals surface area contributed by atoms with E-state index in [1.54, 1.807) is 11.0 Å². The summed E-state index contributed by atoms with van der Waals surface area (Å²) in [6, 6.07) is 3.31. The average Bonchev–Trinajstić information content (AvgIpc) is 2.40.